The van der Waals surface area contributed by atoms with Gasteiger partial charge in [0.2, 0.25) is 11.9 Å². The second kappa shape index (κ2) is 8.16. The highest BCUT2D eigenvalue weighted by atomic mass is 35.5. The maximum atomic E-state index is 13.7. The lowest BCUT2D eigenvalue weighted by molar-refractivity contribution is -0.123. The van der Waals surface area contributed by atoms with Gasteiger partial charge in [-0.3, -0.25) is 14.6 Å². The molecule has 2 N–H and O–H groups in total. The Morgan fingerprint density at radius 3 is 2.85 bits per heavy atom. The topological polar surface area (TPSA) is 99.8 Å². The number of aromatic nitrogens is 2. The summed E-state index contributed by atoms with van der Waals surface area (Å²) in [7, 11) is 1.80. The number of hydrogen-bond donors (Lipinski definition) is 2. The lowest BCUT2D eigenvalue weighted by Gasteiger charge is -2.39. The Kier molecular flexibility index (Phi) is 5.22. The van der Waals surface area contributed by atoms with Gasteiger partial charge in [-0.25, -0.2) is 0 Å². The number of fused-ring (bicyclic) bond motifs is 3. The van der Waals surface area contributed by atoms with Crippen molar-refractivity contribution in [1.29, 1.82) is 0 Å². The molecular formula is C24H28ClN5O4. The highest BCUT2D eigenvalue weighted by molar-refractivity contribution is 6.33. The van der Waals surface area contributed by atoms with Crippen molar-refractivity contribution in [2.24, 2.45) is 0 Å². The zero-order valence-corrected chi connectivity index (χ0v) is 19.9. The molecule has 2 fully saturated rings. The van der Waals surface area contributed by atoms with Crippen LogP contribution in [0.1, 0.15) is 36.8 Å². The number of benzene rings is 1. The second-order valence-corrected chi connectivity index (χ2v) is 9.96. The van der Waals surface area contributed by atoms with Gasteiger partial charge in [-0.05, 0) is 37.8 Å². The number of likely N-dealkylation sites (N-methyl/N-ethyl adjacent to an activating group) is 1. The molecule has 0 saturated carbocycles. The minimum absolute atomic E-state index is 0.0207. The monoisotopic (exact) mass is 485 g/mol. The fraction of sp³-hybridized carbons (Fsp3) is 0.542. The molecule has 1 unspecified atom stereocenters. The van der Waals surface area contributed by atoms with Crippen LogP contribution in [0.15, 0.2) is 16.9 Å². The molecule has 0 bridgehead atoms. The summed E-state index contributed by atoms with van der Waals surface area (Å²) >= 11 is 6.72. The van der Waals surface area contributed by atoms with Crippen LogP contribution in [0.4, 0.5) is 17.5 Å². The Hall–Kier alpha value is -2.78. The molecule has 2 aromatic rings. The Balaban J connectivity index is 1.30. The van der Waals surface area contributed by atoms with Gasteiger partial charge >= 0.3 is 0 Å². The maximum absolute atomic E-state index is 13.7. The number of hydrogen-bond acceptors (Lipinski definition) is 7. The van der Waals surface area contributed by atoms with Gasteiger partial charge in [0.25, 0.3) is 5.56 Å². The molecule has 4 aliphatic heterocycles. The lowest BCUT2D eigenvalue weighted by Crippen LogP contribution is -2.49. The molecule has 1 spiro atoms. The van der Waals surface area contributed by atoms with E-state index in [2.05, 4.69) is 20.2 Å². The van der Waals surface area contributed by atoms with Gasteiger partial charge in [0.05, 0.1) is 29.9 Å². The average Bonchev–Trinajstić information content (AvgIpc) is 3.43. The summed E-state index contributed by atoms with van der Waals surface area (Å²) in [6, 6.07) is 3.69. The van der Waals surface area contributed by atoms with E-state index in [4.69, 9.17) is 21.1 Å². The summed E-state index contributed by atoms with van der Waals surface area (Å²) in [4.78, 5) is 37.6. The highest BCUT2D eigenvalue weighted by Gasteiger charge is 2.53. The van der Waals surface area contributed by atoms with E-state index in [1.807, 2.05) is 12.1 Å². The summed E-state index contributed by atoms with van der Waals surface area (Å²) in [5, 5.41) is 3.83. The predicted molar refractivity (Wildman–Crippen MR) is 130 cm³/mol. The highest BCUT2D eigenvalue weighted by Crippen LogP contribution is 2.54. The Bertz CT molecular complexity index is 1200. The SMILES string of the molecule is CN1C(=O)C2(CCN(c3nc4c(c(=O)[nH]3)CCCN4)CC2)c2c(Cl)ccc(OC3CCOC3)c21. The van der Waals surface area contributed by atoms with Gasteiger partial charge < -0.3 is 24.6 Å². The van der Waals surface area contributed by atoms with Crippen molar-refractivity contribution in [1.82, 2.24) is 9.97 Å². The number of anilines is 3. The maximum Gasteiger partial charge on any atom is 0.257 e. The summed E-state index contributed by atoms with van der Waals surface area (Å²) in [6.45, 7) is 3.22. The zero-order valence-electron chi connectivity index (χ0n) is 19.2. The van der Waals surface area contributed by atoms with Crippen molar-refractivity contribution in [2.75, 3.05) is 55.0 Å². The number of carbonyl (C=O) groups excluding carboxylic acids is 1. The van der Waals surface area contributed by atoms with E-state index in [0.717, 1.165) is 42.6 Å². The van der Waals surface area contributed by atoms with Crippen LogP contribution in [0, 0.1) is 0 Å². The van der Waals surface area contributed by atoms with Crippen molar-refractivity contribution in [3.63, 3.8) is 0 Å². The predicted octanol–water partition coefficient (Wildman–Crippen LogP) is 2.46. The van der Waals surface area contributed by atoms with E-state index in [0.29, 0.717) is 61.7 Å². The molecule has 1 aromatic carbocycles. The standard InChI is InChI=1S/C24H28ClN5O4/c1-29-19-17(34-14-6-12-33-13-14)5-4-16(25)18(19)24(22(29)32)7-10-30(11-8-24)23-27-20-15(21(31)28-23)3-2-9-26-20/h4-5,14H,2-3,6-13H2,1H3,(H2,26,27,28,31). The van der Waals surface area contributed by atoms with Crippen LogP contribution < -0.4 is 25.4 Å². The molecular weight excluding hydrogens is 458 g/mol. The fourth-order valence-corrected chi connectivity index (χ4v) is 6.13. The van der Waals surface area contributed by atoms with E-state index in [9.17, 15) is 9.59 Å². The molecule has 5 heterocycles. The summed E-state index contributed by atoms with van der Waals surface area (Å²) in [5.41, 5.74) is 1.54. The third kappa shape index (κ3) is 3.28. The molecule has 0 aliphatic carbocycles. The lowest BCUT2D eigenvalue weighted by atomic mass is 9.73. The van der Waals surface area contributed by atoms with Gasteiger partial charge in [0.1, 0.15) is 17.7 Å². The van der Waals surface area contributed by atoms with Crippen molar-refractivity contribution >= 4 is 35.0 Å². The summed E-state index contributed by atoms with van der Waals surface area (Å²) < 4.78 is 11.7. The van der Waals surface area contributed by atoms with Crippen LogP contribution in [0.3, 0.4) is 0 Å². The van der Waals surface area contributed by atoms with Gasteiger partial charge in [-0.15, -0.1) is 0 Å². The van der Waals surface area contributed by atoms with Crippen molar-refractivity contribution in [2.45, 2.75) is 43.6 Å². The molecule has 34 heavy (non-hydrogen) atoms. The van der Waals surface area contributed by atoms with E-state index in [1.54, 1.807) is 11.9 Å². The molecule has 1 atom stereocenters. The van der Waals surface area contributed by atoms with Crippen molar-refractivity contribution in [3.05, 3.63) is 38.6 Å². The zero-order chi connectivity index (χ0) is 23.4. The molecule has 10 heteroatoms. The van der Waals surface area contributed by atoms with E-state index in [-0.39, 0.29) is 17.6 Å². The Labute approximate surface area is 202 Å². The summed E-state index contributed by atoms with van der Waals surface area (Å²) in [5.74, 6) is 1.94. The molecule has 180 valence electrons. The largest absolute Gasteiger partial charge is 0.486 e. The number of amides is 1. The van der Waals surface area contributed by atoms with Crippen LogP contribution in [0.25, 0.3) is 0 Å². The quantitative estimate of drug-likeness (QED) is 0.688. The summed E-state index contributed by atoms with van der Waals surface area (Å²) in [6.07, 6.45) is 3.63. The van der Waals surface area contributed by atoms with Gasteiger partial charge in [-0.2, -0.15) is 4.98 Å². The minimum atomic E-state index is -0.712. The number of H-pyrrole nitrogens is 1. The number of carbonyl (C=O) groups is 1. The van der Waals surface area contributed by atoms with E-state index < -0.39 is 5.41 Å². The average molecular weight is 486 g/mol. The third-order valence-corrected chi connectivity index (χ3v) is 7.93. The van der Waals surface area contributed by atoms with Gasteiger partial charge in [-0.1, -0.05) is 11.6 Å². The number of nitrogens with zero attached hydrogens (tertiary/aromatic N) is 3. The third-order valence-electron chi connectivity index (χ3n) is 7.62. The first-order chi connectivity index (χ1) is 16.5. The number of piperidine rings is 1. The normalized spacial score (nSPS) is 23.1. The van der Waals surface area contributed by atoms with E-state index in [1.165, 1.54) is 0 Å². The number of rotatable bonds is 3. The number of aromatic amines is 1. The number of halogens is 1. The van der Waals surface area contributed by atoms with Crippen LogP contribution in [-0.4, -0.2) is 61.9 Å². The van der Waals surface area contributed by atoms with Crippen molar-refractivity contribution in [3.8, 4) is 5.75 Å². The smallest absolute Gasteiger partial charge is 0.257 e. The minimum Gasteiger partial charge on any atom is -0.486 e. The van der Waals surface area contributed by atoms with Crippen LogP contribution in [0.2, 0.25) is 5.02 Å². The molecule has 4 aliphatic rings. The molecule has 1 aromatic heterocycles. The first-order valence-corrected chi connectivity index (χ1v) is 12.3. The fourth-order valence-electron chi connectivity index (χ4n) is 5.80. The first kappa shape index (κ1) is 21.7. The number of nitrogens with one attached hydrogen (secondary N) is 2. The first-order valence-electron chi connectivity index (χ1n) is 12.0. The van der Waals surface area contributed by atoms with E-state index >= 15 is 0 Å². The van der Waals surface area contributed by atoms with Crippen LogP contribution >= 0.6 is 11.6 Å². The Morgan fingerprint density at radius 1 is 1.26 bits per heavy atom. The molecule has 6 rings (SSSR count). The molecule has 0 radical (unpaired) electrons. The van der Waals surface area contributed by atoms with Crippen molar-refractivity contribution < 1.29 is 14.3 Å². The number of ether oxygens (including phenoxy) is 2. The van der Waals surface area contributed by atoms with Gasteiger partial charge in [0.15, 0.2) is 0 Å². The molecule has 1 amide bonds. The second-order valence-electron chi connectivity index (χ2n) is 9.55. The Morgan fingerprint density at radius 2 is 2.09 bits per heavy atom. The van der Waals surface area contributed by atoms with Gasteiger partial charge in [0, 0.05) is 43.7 Å². The molecule has 2 saturated heterocycles. The van der Waals surface area contributed by atoms with Crippen LogP contribution in [-0.2, 0) is 21.4 Å². The van der Waals surface area contributed by atoms with Crippen LogP contribution in [0.5, 0.6) is 5.75 Å². The molecule has 9 nitrogen and oxygen atoms in total.